The molecular formula is C31H31N5O5S. The molecule has 2 heterocycles. The molecule has 1 amide bonds. The van der Waals surface area contributed by atoms with E-state index in [0.717, 1.165) is 10.8 Å². The molecule has 1 unspecified atom stereocenters. The standard InChI is InChI=1S/C31H31N5O5S/c1-4-40-26-18-22(10-13-25(26)41-19(2)3)29(35-23-11-12-24-21(17-23)14-16-34-30(24)32)31(37)36-42(38,39)27-9-5-7-20-8-6-15-33-28(20)27/h5-19,29,35H,4H2,1-3H3,(H2,32,34)(H,36,37). The molecule has 0 saturated heterocycles. The van der Waals surface area contributed by atoms with Gasteiger partial charge in [0.15, 0.2) is 11.5 Å². The van der Waals surface area contributed by atoms with Crippen molar-refractivity contribution in [3.05, 3.63) is 90.8 Å². The average Bonchev–Trinajstić information content (AvgIpc) is 2.96. The quantitative estimate of drug-likeness (QED) is 0.201. The molecule has 11 heteroatoms. The molecule has 1 atom stereocenters. The Morgan fingerprint density at radius 3 is 2.52 bits per heavy atom. The molecule has 3 aromatic carbocycles. The van der Waals surface area contributed by atoms with Crippen molar-refractivity contribution in [2.45, 2.75) is 37.8 Å². The second kappa shape index (κ2) is 11.9. The summed E-state index contributed by atoms with van der Waals surface area (Å²) in [6.07, 6.45) is 3.00. The number of hydrogen-bond donors (Lipinski definition) is 3. The maximum atomic E-state index is 13.8. The number of aromatic nitrogens is 2. The summed E-state index contributed by atoms with van der Waals surface area (Å²) in [5.74, 6) is 0.530. The maximum absolute atomic E-state index is 13.8. The van der Waals surface area contributed by atoms with Gasteiger partial charge in [0.1, 0.15) is 16.8 Å². The summed E-state index contributed by atoms with van der Waals surface area (Å²) in [4.78, 5) is 22.1. The smallest absolute Gasteiger partial charge is 0.266 e. The Morgan fingerprint density at radius 2 is 1.74 bits per heavy atom. The van der Waals surface area contributed by atoms with Crippen LogP contribution in [0, 0.1) is 0 Å². The second-order valence-corrected chi connectivity index (χ2v) is 11.5. The lowest BCUT2D eigenvalue weighted by Crippen LogP contribution is -2.37. The summed E-state index contributed by atoms with van der Waals surface area (Å²) in [6, 6.07) is 19.4. The first-order valence-corrected chi connectivity index (χ1v) is 14.9. The number of fused-ring (bicyclic) bond motifs is 2. The molecule has 0 radical (unpaired) electrons. The number of anilines is 2. The predicted molar refractivity (Wildman–Crippen MR) is 163 cm³/mol. The molecule has 0 bridgehead atoms. The topological polar surface area (TPSA) is 146 Å². The van der Waals surface area contributed by atoms with Crippen molar-refractivity contribution in [1.82, 2.24) is 14.7 Å². The highest BCUT2D eigenvalue weighted by Crippen LogP contribution is 2.34. The zero-order valence-electron chi connectivity index (χ0n) is 23.4. The van der Waals surface area contributed by atoms with Crippen LogP contribution in [-0.4, -0.2) is 37.0 Å². The molecule has 4 N–H and O–H groups in total. The Kier molecular flexibility index (Phi) is 8.12. The number of carbonyl (C=O) groups excluding carboxylic acids is 1. The van der Waals surface area contributed by atoms with E-state index in [1.165, 1.54) is 12.3 Å². The first-order chi connectivity index (χ1) is 20.2. The minimum Gasteiger partial charge on any atom is -0.490 e. The number of pyridine rings is 2. The number of para-hydroxylation sites is 1. The van der Waals surface area contributed by atoms with E-state index < -0.39 is 22.0 Å². The second-order valence-electron chi connectivity index (χ2n) is 9.82. The van der Waals surface area contributed by atoms with Gasteiger partial charge < -0.3 is 20.5 Å². The Labute approximate surface area is 243 Å². The molecule has 0 spiro atoms. The van der Waals surface area contributed by atoms with Crippen LogP contribution in [0.1, 0.15) is 32.4 Å². The zero-order valence-corrected chi connectivity index (χ0v) is 24.2. The molecule has 0 aliphatic heterocycles. The summed E-state index contributed by atoms with van der Waals surface area (Å²) in [5.41, 5.74) is 7.31. The van der Waals surface area contributed by atoms with Gasteiger partial charge in [-0.05, 0) is 80.3 Å². The predicted octanol–water partition coefficient (Wildman–Crippen LogP) is 5.21. The van der Waals surface area contributed by atoms with Crippen LogP contribution < -0.4 is 25.2 Å². The summed E-state index contributed by atoms with van der Waals surface area (Å²) in [5, 5.41) is 5.39. The van der Waals surface area contributed by atoms with Crippen LogP contribution in [0.25, 0.3) is 21.7 Å². The third-order valence-corrected chi connectivity index (χ3v) is 7.83. The number of rotatable bonds is 10. The van der Waals surface area contributed by atoms with Crippen LogP contribution in [0.4, 0.5) is 11.5 Å². The number of nitrogen functional groups attached to an aromatic ring is 1. The summed E-state index contributed by atoms with van der Waals surface area (Å²) >= 11 is 0. The molecule has 0 aliphatic carbocycles. The van der Waals surface area contributed by atoms with Gasteiger partial charge in [-0.15, -0.1) is 0 Å². The van der Waals surface area contributed by atoms with Crippen molar-refractivity contribution in [1.29, 1.82) is 0 Å². The van der Waals surface area contributed by atoms with Crippen LogP contribution in [0.5, 0.6) is 11.5 Å². The minimum absolute atomic E-state index is 0.0999. The lowest BCUT2D eigenvalue weighted by Gasteiger charge is -2.22. The van der Waals surface area contributed by atoms with Crippen molar-refractivity contribution in [2.75, 3.05) is 17.7 Å². The Morgan fingerprint density at radius 1 is 0.929 bits per heavy atom. The fourth-order valence-electron chi connectivity index (χ4n) is 4.62. The highest BCUT2D eigenvalue weighted by atomic mass is 32.2. The van der Waals surface area contributed by atoms with Crippen LogP contribution in [0.2, 0.25) is 0 Å². The zero-order chi connectivity index (χ0) is 29.9. The molecule has 42 heavy (non-hydrogen) atoms. The maximum Gasteiger partial charge on any atom is 0.266 e. The van der Waals surface area contributed by atoms with E-state index in [1.807, 2.05) is 26.8 Å². The molecular weight excluding hydrogens is 554 g/mol. The van der Waals surface area contributed by atoms with Gasteiger partial charge in [-0.25, -0.2) is 18.1 Å². The highest BCUT2D eigenvalue weighted by Gasteiger charge is 2.29. The van der Waals surface area contributed by atoms with E-state index in [2.05, 4.69) is 20.0 Å². The van der Waals surface area contributed by atoms with Crippen molar-refractivity contribution in [2.24, 2.45) is 0 Å². The number of nitrogens with two attached hydrogens (primary N) is 1. The van der Waals surface area contributed by atoms with E-state index in [0.29, 0.717) is 40.6 Å². The molecule has 10 nitrogen and oxygen atoms in total. The minimum atomic E-state index is -4.30. The van der Waals surface area contributed by atoms with Crippen molar-refractivity contribution < 1.29 is 22.7 Å². The highest BCUT2D eigenvalue weighted by molar-refractivity contribution is 7.90. The van der Waals surface area contributed by atoms with Crippen molar-refractivity contribution in [3.8, 4) is 11.5 Å². The molecule has 5 aromatic rings. The molecule has 216 valence electrons. The number of benzene rings is 3. The number of amides is 1. The van der Waals surface area contributed by atoms with Gasteiger partial charge in [0.25, 0.3) is 15.9 Å². The van der Waals surface area contributed by atoms with Gasteiger partial charge >= 0.3 is 0 Å². The number of carbonyl (C=O) groups is 1. The molecule has 2 aromatic heterocycles. The number of sulfonamides is 1. The van der Waals surface area contributed by atoms with E-state index in [4.69, 9.17) is 15.2 Å². The van der Waals surface area contributed by atoms with Crippen LogP contribution in [-0.2, 0) is 14.8 Å². The van der Waals surface area contributed by atoms with Gasteiger partial charge in [-0.1, -0.05) is 24.3 Å². The molecule has 5 rings (SSSR count). The summed E-state index contributed by atoms with van der Waals surface area (Å²) < 4.78 is 41.0. The molecule has 0 saturated carbocycles. The van der Waals surface area contributed by atoms with Gasteiger partial charge in [0.2, 0.25) is 0 Å². The monoisotopic (exact) mass is 585 g/mol. The van der Waals surface area contributed by atoms with Gasteiger partial charge in [0, 0.05) is 28.9 Å². The molecule has 0 aliphatic rings. The Hall–Kier alpha value is -4.90. The fourth-order valence-corrected chi connectivity index (χ4v) is 5.80. The van der Waals surface area contributed by atoms with Crippen molar-refractivity contribution >= 4 is 49.1 Å². The lowest BCUT2D eigenvalue weighted by molar-refractivity contribution is -0.120. The lowest BCUT2D eigenvalue weighted by atomic mass is 10.0. The van der Waals surface area contributed by atoms with Crippen molar-refractivity contribution in [3.63, 3.8) is 0 Å². The number of nitrogens with one attached hydrogen (secondary N) is 2. The largest absolute Gasteiger partial charge is 0.490 e. The van der Waals surface area contributed by atoms with E-state index in [9.17, 15) is 13.2 Å². The van der Waals surface area contributed by atoms with Gasteiger partial charge in [0.05, 0.1) is 18.2 Å². The van der Waals surface area contributed by atoms with E-state index in [1.54, 1.807) is 66.9 Å². The average molecular weight is 586 g/mol. The normalized spacial score (nSPS) is 12.3. The first-order valence-electron chi connectivity index (χ1n) is 13.4. The number of ether oxygens (including phenoxy) is 2. The van der Waals surface area contributed by atoms with E-state index in [-0.39, 0.29) is 16.5 Å². The Balaban J connectivity index is 1.55. The van der Waals surface area contributed by atoms with Crippen LogP contribution in [0.3, 0.4) is 0 Å². The van der Waals surface area contributed by atoms with E-state index >= 15 is 0 Å². The third kappa shape index (κ3) is 6.06. The number of hydrogen-bond acceptors (Lipinski definition) is 9. The van der Waals surface area contributed by atoms with Gasteiger partial charge in [-0.2, -0.15) is 0 Å². The fraction of sp³-hybridized carbons (Fsp3) is 0.194. The third-order valence-electron chi connectivity index (χ3n) is 6.45. The summed E-state index contributed by atoms with van der Waals surface area (Å²) in [6.45, 7) is 6.01. The van der Waals surface area contributed by atoms with Crippen LogP contribution >= 0.6 is 0 Å². The van der Waals surface area contributed by atoms with Gasteiger partial charge in [-0.3, -0.25) is 9.78 Å². The van der Waals surface area contributed by atoms with Crippen LogP contribution in [0.15, 0.2) is 90.1 Å². The SMILES string of the molecule is CCOc1cc(C(Nc2ccc3c(N)nccc3c2)C(=O)NS(=O)(=O)c2cccc3cccnc23)ccc1OC(C)C. The Bertz CT molecular complexity index is 1870. The number of nitrogens with zero attached hydrogens (tertiary/aromatic N) is 2. The first kappa shape index (κ1) is 28.6. The summed E-state index contributed by atoms with van der Waals surface area (Å²) in [7, 11) is -4.30. The molecule has 0 fully saturated rings.